The largest absolute Gasteiger partial charge is 0.382 e. The summed E-state index contributed by atoms with van der Waals surface area (Å²) in [5.41, 5.74) is 5.61. The fourth-order valence-corrected chi connectivity index (χ4v) is 1.73. The van der Waals surface area contributed by atoms with Gasteiger partial charge in [-0.05, 0) is 13.8 Å². The zero-order valence-electron chi connectivity index (χ0n) is 9.05. The number of ether oxygens (including phenoxy) is 1. The Kier molecular flexibility index (Phi) is 2.73. The molecule has 1 fully saturated rings. The number of morpholine rings is 1. The third-order valence-electron chi connectivity index (χ3n) is 2.54. The van der Waals surface area contributed by atoms with E-state index in [1.165, 1.54) is 0 Å². The molecule has 1 saturated heterocycles. The van der Waals surface area contributed by atoms with Gasteiger partial charge in [-0.1, -0.05) is 0 Å². The first kappa shape index (κ1) is 10.2. The van der Waals surface area contributed by atoms with Gasteiger partial charge in [0, 0.05) is 6.54 Å². The molecule has 2 atom stereocenters. The summed E-state index contributed by atoms with van der Waals surface area (Å²) in [5.74, 6) is 1.29. The van der Waals surface area contributed by atoms with Crippen LogP contribution in [0.15, 0.2) is 12.4 Å². The van der Waals surface area contributed by atoms with Crippen molar-refractivity contribution >= 4 is 11.6 Å². The molecular formula is C10H16N4O. The Morgan fingerprint density at radius 1 is 1.47 bits per heavy atom. The minimum absolute atomic E-state index is 0.226. The minimum Gasteiger partial charge on any atom is -0.382 e. The topological polar surface area (TPSA) is 64.3 Å². The highest BCUT2D eigenvalue weighted by Crippen LogP contribution is 2.19. The molecule has 0 aromatic carbocycles. The van der Waals surface area contributed by atoms with E-state index in [1.54, 1.807) is 12.4 Å². The molecule has 2 heterocycles. The number of anilines is 2. The van der Waals surface area contributed by atoms with Gasteiger partial charge in [-0.3, -0.25) is 4.98 Å². The van der Waals surface area contributed by atoms with Gasteiger partial charge in [0.2, 0.25) is 0 Å². The maximum absolute atomic E-state index is 5.61. The van der Waals surface area contributed by atoms with E-state index in [0.717, 1.165) is 19.0 Å². The highest BCUT2D eigenvalue weighted by atomic mass is 16.5. The normalized spacial score (nSPS) is 26.7. The first-order valence-corrected chi connectivity index (χ1v) is 5.12. The molecule has 2 unspecified atom stereocenters. The Morgan fingerprint density at radius 2 is 2.27 bits per heavy atom. The van der Waals surface area contributed by atoms with Gasteiger partial charge in [-0.15, -0.1) is 0 Å². The second-order valence-corrected chi connectivity index (χ2v) is 3.95. The summed E-state index contributed by atoms with van der Waals surface area (Å²) in [7, 11) is 0. The van der Waals surface area contributed by atoms with E-state index < -0.39 is 0 Å². The smallest absolute Gasteiger partial charge is 0.149 e. The molecule has 0 radical (unpaired) electrons. The number of aromatic nitrogens is 2. The molecule has 1 aromatic rings. The van der Waals surface area contributed by atoms with Crippen molar-refractivity contribution in [2.45, 2.75) is 26.0 Å². The molecule has 15 heavy (non-hydrogen) atoms. The average molecular weight is 208 g/mol. The van der Waals surface area contributed by atoms with E-state index in [2.05, 4.69) is 28.7 Å². The lowest BCUT2D eigenvalue weighted by molar-refractivity contribution is 0.0340. The van der Waals surface area contributed by atoms with Crippen molar-refractivity contribution in [2.75, 3.05) is 23.8 Å². The monoisotopic (exact) mass is 208 g/mol. The number of rotatable bonds is 1. The number of nitrogens with two attached hydrogens (primary N) is 1. The summed E-state index contributed by atoms with van der Waals surface area (Å²) >= 11 is 0. The average Bonchev–Trinajstić information content (AvgIpc) is 2.22. The van der Waals surface area contributed by atoms with Crippen molar-refractivity contribution in [2.24, 2.45) is 0 Å². The number of hydrogen-bond donors (Lipinski definition) is 1. The third kappa shape index (κ3) is 2.18. The van der Waals surface area contributed by atoms with E-state index in [1.807, 2.05) is 0 Å². The van der Waals surface area contributed by atoms with Crippen LogP contribution >= 0.6 is 0 Å². The third-order valence-corrected chi connectivity index (χ3v) is 2.54. The maximum Gasteiger partial charge on any atom is 0.149 e. The van der Waals surface area contributed by atoms with Gasteiger partial charge in [0.05, 0.1) is 31.1 Å². The van der Waals surface area contributed by atoms with Gasteiger partial charge in [-0.25, -0.2) is 4.98 Å². The summed E-state index contributed by atoms with van der Waals surface area (Å²) in [6.45, 7) is 5.71. The zero-order valence-corrected chi connectivity index (χ0v) is 9.05. The first-order chi connectivity index (χ1) is 7.16. The van der Waals surface area contributed by atoms with Gasteiger partial charge in [-0.2, -0.15) is 0 Å². The van der Waals surface area contributed by atoms with Gasteiger partial charge in [0.25, 0.3) is 0 Å². The zero-order chi connectivity index (χ0) is 10.8. The number of nitrogens with zero attached hydrogens (tertiary/aromatic N) is 3. The second-order valence-electron chi connectivity index (χ2n) is 3.95. The Morgan fingerprint density at radius 3 is 3.00 bits per heavy atom. The molecule has 0 spiro atoms. The molecule has 0 saturated carbocycles. The Bertz CT molecular complexity index is 344. The summed E-state index contributed by atoms with van der Waals surface area (Å²) < 4.78 is 5.55. The highest BCUT2D eigenvalue weighted by Gasteiger charge is 2.24. The maximum atomic E-state index is 5.61. The van der Waals surface area contributed by atoms with Crippen LogP contribution in [0.25, 0.3) is 0 Å². The molecule has 1 aromatic heterocycles. The summed E-state index contributed by atoms with van der Waals surface area (Å²) in [6.07, 6.45) is 3.52. The summed E-state index contributed by atoms with van der Waals surface area (Å²) in [5, 5.41) is 0. The van der Waals surface area contributed by atoms with Crippen LogP contribution in [0.5, 0.6) is 0 Å². The predicted molar refractivity (Wildman–Crippen MR) is 58.7 cm³/mol. The lowest BCUT2D eigenvalue weighted by atomic mass is 10.2. The summed E-state index contributed by atoms with van der Waals surface area (Å²) in [6, 6.07) is 0.317. The van der Waals surface area contributed by atoms with Crippen LogP contribution in [-0.4, -0.2) is 35.3 Å². The standard InChI is InChI=1S/C10H16N4O/c1-7-6-15-8(2)5-14(7)10-4-12-3-9(11)13-10/h3-4,7-8H,5-6H2,1-2H3,(H2,11,13). The number of hydrogen-bond acceptors (Lipinski definition) is 5. The van der Waals surface area contributed by atoms with Crippen molar-refractivity contribution in [1.29, 1.82) is 0 Å². The lowest BCUT2D eigenvalue weighted by Crippen LogP contribution is -2.47. The Hall–Kier alpha value is -1.36. The molecule has 0 bridgehead atoms. The van der Waals surface area contributed by atoms with Gasteiger partial charge in [0.1, 0.15) is 11.6 Å². The minimum atomic E-state index is 0.226. The van der Waals surface area contributed by atoms with E-state index in [-0.39, 0.29) is 6.10 Å². The van der Waals surface area contributed by atoms with Crippen LogP contribution in [0.3, 0.4) is 0 Å². The predicted octanol–water partition coefficient (Wildman–Crippen LogP) is 0.672. The SMILES string of the molecule is CC1CN(c2cncc(N)n2)C(C)CO1. The van der Waals surface area contributed by atoms with Gasteiger partial charge >= 0.3 is 0 Å². The van der Waals surface area contributed by atoms with Gasteiger partial charge in [0.15, 0.2) is 0 Å². The van der Waals surface area contributed by atoms with Gasteiger partial charge < -0.3 is 15.4 Å². The fourth-order valence-electron chi connectivity index (χ4n) is 1.73. The van der Waals surface area contributed by atoms with Crippen molar-refractivity contribution in [3.8, 4) is 0 Å². The fraction of sp³-hybridized carbons (Fsp3) is 0.600. The first-order valence-electron chi connectivity index (χ1n) is 5.12. The van der Waals surface area contributed by atoms with Crippen molar-refractivity contribution in [1.82, 2.24) is 9.97 Å². The van der Waals surface area contributed by atoms with Crippen molar-refractivity contribution in [3.63, 3.8) is 0 Å². The summed E-state index contributed by atoms with van der Waals surface area (Å²) in [4.78, 5) is 10.5. The molecule has 1 aliphatic heterocycles. The van der Waals surface area contributed by atoms with Crippen molar-refractivity contribution < 1.29 is 4.74 Å². The Balaban J connectivity index is 2.21. The molecule has 5 nitrogen and oxygen atoms in total. The van der Waals surface area contributed by atoms with E-state index >= 15 is 0 Å². The lowest BCUT2D eigenvalue weighted by Gasteiger charge is -2.37. The Labute approximate surface area is 89.3 Å². The molecule has 5 heteroatoms. The molecule has 0 amide bonds. The quantitative estimate of drug-likeness (QED) is 0.735. The van der Waals surface area contributed by atoms with E-state index in [0.29, 0.717) is 11.9 Å². The van der Waals surface area contributed by atoms with Crippen LogP contribution < -0.4 is 10.6 Å². The van der Waals surface area contributed by atoms with Crippen LogP contribution in [-0.2, 0) is 4.74 Å². The van der Waals surface area contributed by atoms with Crippen LogP contribution in [0.2, 0.25) is 0 Å². The molecule has 82 valence electrons. The molecular weight excluding hydrogens is 192 g/mol. The van der Waals surface area contributed by atoms with E-state index in [4.69, 9.17) is 10.5 Å². The van der Waals surface area contributed by atoms with E-state index in [9.17, 15) is 0 Å². The molecule has 0 aliphatic carbocycles. The number of nitrogen functional groups attached to an aromatic ring is 1. The highest BCUT2D eigenvalue weighted by molar-refractivity contribution is 5.42. The van der Waals surface area contributed by atoms with Crippen LogP contribution in [0, 0.1) is 0 Å². The molecule has 2 N–H and O–H groups in total. The second kappa shape index (κ2) is 4.02. The van der Waals surface area contributed by atoms with Crippen LogP contribution in [0.1, 0.15) is 13.8 Å². The molecule has 2 rings (SSSR count). The molecule has 1 aliphatic rings. The van der Waals surface area contributed by atoms with Crippen LogP contribution in [0.4, 0.5) is 11.6 Å². The van der Waals surface area contributed by atoms with Crippen molar-refractivity contribution in [3.05, 3.63) is 12.4 Å².